The number of benzene rings is 2. The maximum atomic E-state index is 12.5. The van der Waals surface area contributed by atoms with Crippen molar-refractivity contribution in [3.63, 3.8) is 0 Å². The highest BCUT2D eigenvalue weighted by atomic mass is 32.1. The molecule has 0 bridgehead atoms. The van der Waals surface area contributed by atoms with Crippen LogP contribution in [0, 0.1) is 0 Å². The Hall–Kier alpha value is -3.12. The molecule has 0 spiro atoms. The molecular weight excluding hydrogens is 406 g/mol. The molecule has 3 aromatic rings. The van der Waals surface area contributed by atoms with E-state index in [0.29, 0.717) is 24.6 Å². The number of thiophene rings is 1. The fourth-order valence-electron chi connectivity index (χ4n) is 3.70. The second-order valence-electron chi connectivity index (χ2n) is 8.03. The first kappa shape index (κ1) is 21.1. The van der Waals surface area contributed by atoms with Gasteiger partial charge in [-0.3, -0.25) is 9.59 Å². The summed E-state index contributed by atoms with van der Waals surface area (Å²) in [6.45, 7) is 7.29. The molecule has 4 rings (SSSR count). The zero-order chi connectivity index (χ0) is 21.8. The van der Waals surface area contributed by atoms with Gasteiger partial charge in [-0.25, -0.2) is 0 Å². The van der Waals surface area contributed by atoms with Crippen molar-refractivity contribution in [1.29, 1.82) is 0 Å². The number of rotatable bonds is 5. The van der Waals surface area contributed by atoms with Crippen LogP contribution in [0.4, 0.5) is 11.4 Å². The summed E-state index contributed by atoms with van der Waals surface area (Å²) in [6, 6.07) is 19.4. The zero-order valence-corrected chi connectivity index (χ0v) is 18.7. The Morgan fingerprint density at radius 3 is 2.16 bits per heavy atom. The van der Waals surface area contributed by atoms with E-state index >= 15 is 0 Å². The van der Waals surface area contributed by atoms with E-state index in [0.717, 1.165) is 29.3 Å². The lowest BCUT2D eigenvalue weighted by molar-refractivity contribution is 0.0751. The van der Waals surface area contributed by atoms with Crippen LogP contribution < -0.4 is 10.2 Å². The highest BCUT2D eigenvalue weighted by molar-refractivity contribution is 7.12. The highest BCUT2D eigenvalue weighted by Crippen LogP contribution is 2.22. The lowest BCUT2D eigenvalue weighted by atomic mass is 10.0. The molecule has 2 amide bonds. The maximum Gasteiger partial charge on any atom is 0.264 e. The molecule has 0 radical (unpaired) electrons. The van der Waals surface area contributed by atoms with E-state index in [4.69, 9.17) is 0 Å². The molecule has 160 valence electrons. The predicted octanol–water partition coefficient (Wildman–Crippen LogP) is 5.09. The van der Waals surface area contributed by atoms with Crippen LogP contribution in [0.5, 0.6) is 0 Å². The molecule has 0 saturated carbocycles. The Balaban J connectivity index is 1.32. The third kappa shape index (κ3) is 4.97. The van der Waals surface area contributed by atoms with E-state index in [1.165, 1.54) is 16.9 Å². The molecule has 5 nitrogen and oxygen atoms in total. The van der Waals surface area contributed by atoms with Gasteiger partial charge in [0.25, 0.3) is 11.8 Å². The molecule has 1 aliphatic rings. The molecule has 0 aliphatic carbocycles. The maximum absolute atomic E-state index is 12.5. The van der Waals surface area contributed by atoms with Crippen molar-refractivity contribution in [2.24, 2.45) is 0 Å². The van der Waals surface area contributed by atoms with Crippen molar-refractivity contribution in [2.45, 2.75) is 19.8 Å². The lowest BCUT2D eigenvalue weighted by Gasteiger charge is -2.36. The van der Waals surface area contributed by atoms with E-state index in [9.17, 15) is 9.59 Å². The largest absolute Gasteiger partial charge is 0.368 e. The van der Waals surface area contributed by atoms with E-state index in [2.05, 4.69) is 24.1 Å². The number of piperazine rings is 1. The summed E-state index contributed by atoms with van der Waals surface area (Å²) < 4.78 is 0. The molecule has 0 atom stereocenters. The topological polar surface area (TPSA) is 52.7 Å². The van der Waals surface area contributed by atoms with E-state index in [-0.39, 0.29) is 11.8 Å². The van der Waals surface area contributed by atoms with Crippen LogP contribution in [-0.4, -0.2) is 42.9 Å². The smallest absolute Gasteiger partial charge is 0.264 e. The number of carbonyl (C=O) groups excluding carboxylic acids is 2. The molecule has 1 aliphatic heterocycles. The molecule has 1 saturated heterocycles. The third-order valence-electron chi connectivity index (χ3n) is 5.63. The highest BCUT2D eigenvalue weighted by Gasteiger charge is 2.22. The molecule has 1 aromatic heterocycles. The van der Waals surface area contributed by atoms with Gasteiger partial charge >= 0.3 is 0 Å². The standard InChI is InChI=1S/C25H27N3O2S/c1-18(2)19-5-7-20(8-6-19)24(29)26-21-9-11-22(12-10-21)27-13-15-28(16-14-27)25(30)23-4-3-17-31-23/h3-12,17-18H,13-16H2,1-2H3,(H,26,29). The van der Waals surface area contributed by atoms with Crippen molar-refractivity contribution >= 4 is 34.5 Å². The Morgan fingerprint density at radius 2 is 1.58 bits per heavy atom. The average Bonchev–Trinajstić information content (AvgIpc) is 3.34. The first-order valence-corrected chi connectivity index (χ1v) is 11.5. The summed E-state index contributed by atoms with van der Waals surface area (Å²) in [6.07, 6.45) is 0. The SMILES string of the molecule is CC(C)c1ccc(C(=O)Nc2ccc(N3CCN(C(=O)c4cccs4)CC3)cc2)cc1. The molecule has 2 heterocycles. The number of nitrogens with one attached hydrogen (secondary N) is 1. The molecule has 6 heteroatoms. The van der Waals surface area contributed by atoms with Gasteiger partial charge < -0.3 is 15.1 Å². The molecular formula is C25H27N3O2S. The molecule has 0 unspecified atom stereocenters. The second-order valence-corrected chi connectivity index (χ2v) is 8.98. The fraction of sp³-hybridized carbons (Fsp3) is 0.280. The first-order chi connectivity index (χ1) is 15.0. The quantitative estimate of drug-likeness (QED) is 0.610. The Kier molecular flexibility index (Phi) is 6.37. The zero-order valence-electron chi connectivity index (χ0n) is 17.9. The van der Waals surface area contributed by atoms with Crippen LogP contribution in [0.3, 0.4) is 0 Å². The van der Waals surface area contributed by atoms with Crippen molar-refractivity contribution in [2.75, 3.05) is 36.4 Å². The molecule has 1 N–H and O–H groups in total. The van der Waals surface area contributed by atoms with Crippen molar-refractivity contribution in [1.82, 2.24) is 4.90 Å². The molecule has 31 heavy (non-hydrogen) atoms. The van der Waals surface area contributed by atoms with Crippen molar-refractivity contribution in [3.05, 3.63) is 82.0 Å². The Morgan fingerprint density at radius 1 is 0.903 bits per heavy atom. The Bertz CT molecular complexity index is 1020. The number of nitrogens with zero attached hydrogens (tertiary/aromatic N) is 2. The average molecular weight is 434 g/mol. The van der Waals surface area contributed by atoms with Crippen LogP contribution in [0.15, 0.2) is 66.0 Å². The number of carbonyl (C=O) groups is 2. The Labute approximate surface area is 187 Å². The van der Waals surface area contributed by atoms with Gasteiger partial charge in [0.05, 0.1) is 4.88 Å². The van der Waals surface area contributed by atoms with Crippen molar-refractivity contribution < 1.29 is 9.59 Å². The van der Waals surface area contributed by atoms with E-state index < -0.39 is 0 Å². The normalized spacial score (nSPS) is 14.0. The molecule has 1 fully saturated rings. The summed E-state index contributed by atoms with van der Waals surface area (Å²) in [5, 5.41) is 4.90. The minimum absolute atomic E-state index is 0.108. The van der Waals surface area contributed by atoms with Gasteiger partial charge in [-0.1, -0.05) is 32.0 Å². The van der Waals surface area contributed by atoms with Crippen LogP contribution in [0.25, 0.3) is 0 Å². The minimum Gasteiger partial charge on any atom is -0.368 e. The van der Waals surface area contributed by atoms with Gasteiger partial charge in [-0.05, 0) is 59.3 Å². The van der Waals surface area contributed by atoms with Gasteiger partial charge in [0.1, 0.15) is 0 Å². The van der Waals surface area contributed by atoms with Crippen LogP contribution >= 0.6 is 11.3 Å². The minimum atomic E-state index is -0.108. The van der Waals surface area contributed by atoms with Gasteiger partial charge in [0, 0.05) is 43.1 Å². The summed E-state index contributed by atoms with van der Waals surface area (Å²) in [5.41, 5.74) is 3.74. The van der Waals surface area contributed by atoms with Gasteiger partial charge in [0.15, 0.2) is 0 Å². The number of hydrogen-bond acceptors (Lipinski definition) is 4. The number of amides is 2. The third-order valence-corrected chi connectivity index (χ3v) is 6.49. The van der Waals surface area contributed by atoms with Crippen LogP contribution in [-0.2, 0) is 0 Å². The van der Waals surface area contributed by atoms with Crippen LogP contribution in [0.2, 0.25) is 0 Å². The van der Waals surface area contributed by atoms with E-state index in [1.807, 2.05) is 70.9 Å². The monoisotopic (exact) mass is 433 g/mol. The predicted molar refractivity (Wildman–Crippen MR) is 127 cm³/mol. The number of hydrogen-bond donors (Lipinski definition) is 1. The molecule has 2 aromatic carbocycles. The lowest BCUT2D eigenvalue weighted by Crippen LogP contribution is -2.48. The number of anilines is 2. The van der Waals surface area contributed by atoms with Gasteiger partial charge in [0.2, 0.25) is 0 Å². The van der Waals surface area contributed by atoms with Crippen molar-refractivity contribution in [3.8, 4) is 0 Å². The van der Waals surface area contributed by atoms with Gasteiger partial charge in [-0.15, -0.1) is 11.3 Å². The summed E-state index contributed by atoms with van der Waals surface area (Å²) in [4.78, 5) is 30.0. The summed E-state index contributed by atoms with van der Waals surface area (Å²) in [5.74, 6) is 0.457. The van der Waals surface area contributed by atoms with Gasteiger partial charge in [-0.2, -0.15) is 0 Å². The van der Waals surface area contributed by atoms with E-state index in [1.54, 1.807) is 0 Å². The van der Waals surface area contributed by atoms with Crippen LogP contribution in [0.1, 0.15) is 45.4 Å². The second kappa shape index (κ2) is 9.35. The fourth-order valence-corrected chi connectivity index (χ4v) is 4.39. The first-order valence-electron chi connectivity index (χ1n) is 10.6. The summed E-state index contributed by atoms with van der Waals surface area (Å²) >= 11 is 1.49. The summed E-state index contributed by atoms with van der Waals surface area (Å²) in [7, 11) is 0.